The molecule has 0 amide bonds. The molecule has 0 N–H and O–H groups in total. The molecular weight excluding hydrogens is 394 g/mol. The van der Waals surface area contributed by atoms with Crippen LogP contribution in [0.5, 0.6) is 0 Å². The lowest BCUT2D eigenvalue weighted by atomic mass is 10.00. The average molecular weight is 426 g/mol. The fourth-order valence-corrected chi connectivity index (χ4v) is 4.64. The second kappa shape index (κ2) is 10.0. The van der Waals surface area contributed by atoms with E-state index in [4.69, 9.17) is 21.3 Å². The van der Waals surface area contributed by atoms with Gasteiger partial charge in [0, 0.05) is 31.9 Å². The fraction of sp³-hybridized carbons (Fsp3) is 0.560. The molecule has 2 aromatic rings. The maximum Gasteiger partial charge on any atom is 0.144 e. The van der Waals surface area contributed by atoms with Crippen molar-refractivity contribution >= 4 is 11.6 Å². The maximum atomic E-state index is 6.77. The summed E-state index contributed by atoms with van der Waals surface area (Å²) in [7, 11) is 2.19. The zero-order valence-corrected chi connectivity index (χ0v) is 18.9. The van der Waals surface area contributed by atoms with E-state index in [0.717, 1.165) is 75.4 Å². The number of piperidine rings is 1. The Balaban J connectivity index is 1.64. The standard InChI is InChI=1S/C25H32ClN3O/c1-19-23(11-5-3-4-8-15-26)27-25-24(30-21-13-16-28(2)17-14-21)22-10-7-6-9-20(22)12-18-29(19)25/h6-7,9-10,21,24H,3-4,8,12-18H2,1-2H3. The minimum absolute atomic E-state index is 0.123. The smallest absolute Gasteiger partial charge is 0.144 e. The summed E-state index contributed by atoms with van der Waals surface area (Å²) < 4.78 is 9.10. The number of ether oxygens (including phenoxy) is 1. The highest BCUT2D eigenvalue weighted by atomic mass is 35.5. The van der Waals surface area contributed by atoms with Crippen LogP contribution in [-0.2, 0) is 17.7 Å². The Labute approximate surface area is 185 Å². The predicted molar refractivity (Wildman–Crippen MR) is 122 cm³/mol. The van der Waals surface area contributed by atoms with Crippen molar-refractivity contribution in [2.75, 3.05) is 26.0 Å². The minimum atomic E-state index is -0.123. The first-order valence-electron chi connectivity index (χ1n) is 11.2. The molecule has 1 aromatic carbocycles. The van der Waals surface area contributed by atoms with E-state index in [9.17, 15) is 0 Å². The number of hydrogen-bond acceptors (Lipinski definition) is 3. The van der Waals surface area contributed by atoms with E-state index in [1.54, 1.807) is 0 Å². The van der Waals surface area contributed by atoms with Gasteiger partial charge in [0.05, 0.1) is 11.8 Å². The normalized spacial score (nSPS) is 19.5. The highest BCUT2D eigenvalue weighted by Gasteiger charge is 2.31. The first kappa shape index (κ1) is 21.4. The molecule has 0 saturated carbocycles. The lowest BCUT2D eigenvalue weighted by Crippen LogP contribution is -2.35. The second-order valence-corrected chi connectivity index (χ2v) is 8.85. The van der Waals surface area contributed by atoms with Gasteiger partial charge in [-0.3, -0.25) is 0 Å². The van der Waals surface area contributed by atoms with Crippen LogP contribution in [0.15, 0.2) is 24.3 Å². The number of aromatic nitrogens is 2. The molecule has 0 aliphatic carbocycles. The molecule has 0 spiro atoms. The molecule has 4 nitrogen and oxygen atoms in total. The first-order chi connectivity index (χ1) is 14.7. The van der Waals surface area contributed by atoms with E-state index in [-0.39, 0.29) is 12.2 Å². The molecule has 160 valence electrons. The Hall–Kier alpha value is -1.80. The molecule has 3 heterocycles. The van der Waals surface area contributed by atoms with E-state index < -0.39 is 0 Å². The van der Waals surface area contributed by atoms with E-state index in [2.05, 4.69) is 59.5 Å². The fourth-order valence-electron chi connectivity index (χ4n) is 4.45. The maximum absolute atomic E-state index is 6.77. The van der Waals surface area contributed by atoms with Gasteiger partial charge in [0.2, 0.25) is 0 Å². The summed E-state index contributed by atoms with van der Waals surface area (Å²) in [6.07, 6.45) is 6.21. The number of benzene rings is 1. The number of alkyl halides is 1. The van der Waals surface area contributed by atoms with Crippen LogP contribution >= 0.6 is 11.6 Å². The summed E-state index contributed by atoms with van der Waals surface area (Å²) in [5.41, 5.74) is 4.68. The summed E-state index contributed by atoms with van der Waals surface area (Å²) >= 11 is 5.77. The summed E-state index contributed by atoms with van der Waals surface area (Å²) in [5.74, 6) is 8.33. The van der Waals surface area contributed by atoms with Crippen molar-refractivity contribution in [3.05, 3.63) is 52.6 Å². The lowest BCUT2D eigenvalue weighted by molar-refractivity contribution is -0.0276. The van der Waals surface area contributed by atoms with Gasteiger partial charge in [-0.25, -0.2) is 4.98 Å². The summed E-state index contributed by atoms with van der Waals surface area (Å²) in [5, 5.41) is 0. The number of rotatable bonds is 5. The van der Waals surface area contributed by atoms with E-state index in [1.165, 1.54) is 11.1 Å². The topological polar surface area (TPSA) is 30.3 Å². The minimum Gasteiger partial charge on any atom is -0.362 e. The van der Waals surface area contributed by atoms with Crippen molar-refractivity contribution < 1.29 is 4.74 Å². The van der Waals surface area contributed by atoms with E-state index in [0.29, 0.717) is 5.88 Å². The third-order valence-electron chi connectivity index (χ3n) is 6.31. The number of imidazole rings is 1. The molecule has 2 aliphatic rings. The third-order valence-corrected chi connectivity index (χ3v) is 6.58. The van der Waals surface area contributed by atoms with Gasteiger partial charge in [0.1, 0.15) is 17.6 Å². The van der Waals surface area contributed by atoms with Crippen molar-refractivity contribution in [3.8, 4) is 11.8 Å². The molecule has 1 saturated heterocycles. The molecule has 1 atom stereocenters. The number of fused-ring (bicyclic) bond motifs is 2. The van der Waals surface area contributed by atoms with Crippen LogP contribution < -0.4 is 0 Å². The SMILES string of the molecule is Cc1c(C#CCCCCCl)nc2n1CCc1ccccc1C2OC1CCN(C)CC1. The Kier molecular flexibility index (Phi) is 7.15. The molecule has 2 aliphatic heterocycles. The number of halogens is 1. The van der Waals surface area contributed by atoms with Crippen molar-refractivity contribution in [2.45, 2.75) is 64.2 Å². The van der Waals surface area contributed by atoms with Crippen molar-refractivity contribution in [1.82, 2.24) is 14.5 Å². The van der Waals surface area contributed by atoms with Gasteiger partial charge in [-0.05, 0) is 63.1 Å². The zero-order chi connectivity index (χ0) is 20.9. The van der Waals surface area contributed by atoms with Crippen molar-refractivity contribution in [3.63, 3.8) is 0 Å². The zero-order valence-electron chi connectivity index (χ0n) is 18.2. The molecule has 1 aromatic heterocycles. The molecule has 1 unspecified atom stereocenters. The first-order valence-corrected chi connectivity index (χ1v) is 11.7. The number of aryl methyl sites for hydroxylation is 1. The Morgan fingerprint density at radius 3 is 2.77 bits per heavy atom. The number of likely N-dealkylation sites (tertiary alicyclic amines) is 1. The molecule has 4 rings (SSSR count). The quantitative estimate of drug-likeness (QED) is 0.395. The predicted octanol–water partition coefficient (Wildman–Crippen LogP) is 4.71. The number of nitrogens with zero attached hydrogens (tertiary/aromatic N) is 3. The number of hydrogen-bond donors (Lipinski definition) is 0. The largest absolute Gasteiger partial charge is 0.362 e. The average Bonchev–Trinajstić information content (AvgIpc) is 2.98. The lowest BCUT2D eigenvalue weighted by Gasteiger charge is -2.32. The van der Waals surface area contributed by atoms with Gasteiger partial charge in [-0.1, -0.05) is 30.2 Å². The summed E-state index contributed by atoms with van der Waals surface area (Å²) in [6.45, 7) is 5.24. The van der Waals surface area contributed by atoms with Crippen LogP contribution in [0.2, 0.25) is 0 Å². The van der Waals surface area contributed by atoms with Crippen LogP contribution in [0, 0.1) is 18.8 Å². The van der Waals surface area contributed by atoms with Gasteiger partial charge in [-0.2, -0.15) is 0 Å². The van der Waals surface area contributed by atoms with Gasteiger partial charge >= 0.3 is 0 Å². The second-order valence-electron chi connectivity index (χ2n) is 8.47. The third kappa shape index (κ3) is 4.75. The van der Waals surface area contributed by atoms with Crippen LogP contribution in [0.4, 0.5) is 0 Å². The van der Waals surface area contributed by atoms with Crippen LogP contribution in [0.25, 0.3) is 0 Å². The molecular formula is C25H32ClN3O. The van der Waals surface area contributed by atoms with Crippen LogP contribution in [-0.4, -0.2) is 46.6 Å². The molecule has 1 fully saturated rings. The van der Waals surface area contributed by atoms with Gasteiger partial charge in [-0.15, -0.1) is 11.6 Å². The van der Waals surface area contributed by atoms with Crippen LogP contribution in [0.3, 0.4) is 0 Å². The summed E-state index contributed by atoms with van der Waals surface area (Å²) in [6, 6.07) is 8.70. The van der Waals surface area contributed by atoms with Gasteiger partial charge < -0.3 is 14.2 Å². The molecule has 5 heteroatoms. The Morgan fingerprint density at radius 2 is 1.97 bits per heavy atom. The molecule has 0 bridgehead atoms. The molecule has 0 radical (unpaired) electrons. The highest BCUT2D eigenvalue weighted by Crippen LogP contribution is 2.35. The van der Waals surface area contributed by atoms with Crippen molar-refractivity contribution in [1.29, 1.82) is 0 Å². The van der Waals surface area contributed by atoms with E-state index >= 15 is 0 Å². The van der Waals surface area contributed by atoms with Gasteiger partial charge in [0.15, 0.2) is 0 Å². The van der Waals surface area contributed by atoms with Crippen LogP contribution in [0.1, 0.15) is 66.5 Å². The van der Waals surface area contributed by atoms with E-state index in [1.807, 2.05) is 0 Å². The van der Waals surface area contributed by atoms with Gasteiger partial charge in [0.25, 0.3) is 0 Å². The molecule has 30 heavy (non-hydrogen) atoms. The Bertz CT molecular complexity index is 918. The van der Waals surface area contributed by atoms with Crippen molar-refractivity contribution in [2.24, 2.45) is 0 Å². The number of unbranched alkanes of at least 4 members (excludes halogenated alkanes) is 2. The summed E-state index contributed by atoms with van der Waals surface area (Å²) in [4.78, 5) is 7.40. The monoisotopic (exact) mass is 425 g/mol. The Morgan fingerprint density at radius 1 is 1.17 bits per heavy atom. The highest BCUT2D eigenvalue weighted by molar-refractivity contribution is 6.17.